The summed E-state index contributed by atoms with van der Waals surface area (Å²) in [5.74, 6) is 0.879. The molecule has 108 valence electrons. The lowest BCUT2D eigenvalue weighted by atomic mass is 10.0. The summed E-state index contributed by atoms with van der Waals surface area (Å²) in [6.45, 7) is 6.11. The number of ether oxygens (including phenoxy) is 1. The zero-order chi connectivity index (χ0) is 15.0. The number of nitrogens with zero attached hydrogens (tertiary/aromatic N) is 2. The molecule has 2 heterocycles. The Labute approximate surface area is 133 Å². The van der Waals surface area contributed by atoms with E-state index in [2.05, 4.69) is 40.8 Å². The van der Waals surface area contributed by atoms with Crippen LogP contribution < -0.4 is 4.74 Å². The lowest BCUT2D eigenvalue weighted by molar-refractivity contribution is 0.200. The number of aliphatic imine (C=N–C) groups is 1. The molecule has 1 aliphatic rings. The second-order valence-corrected chi connectivity index (χ2v) is 6.18. The van der Waals surface area contributed by atoms with Gasteiger partial charge in [-0.05, 0) is 54.9 Å². The lowest BCUT2D eigenvalue weighted by Gasteiger charge is -2.15. The number of hydrogen-bond acceptors (Lipinski definition) is 3. The van der Waals surface area contributed by atoms with Crippen molar-refractivity contribution in [3.63, 3.8) is 0 Å². The average molecular weight is 345 g/mol. The molecule has 0 aliphatic carbocycles. The molecule has 0 bridgehead atoms. The maximum Gasteiger partial charge on any atom is 0.129 e. The predicted octanol–water partition coefficient (Wildman–Crippen LogP) is 4.16. The van der Waals surface area contributed by atoms with Crippen LogP contribution in [0.3, 0.4) is 0 Å². The van der Waals surface area contributed by atoms with Crippen LogP contribution in [-0.2, 0) is 0 Å². The number of para-hydroxylation sites is 1. The van der Waals surface area contributed by atoms with Crippen molar-refractivity contribution in [1.29, 1.82) is 0 Å². The zero-order valence-electron chi connectivity index (χ0n) is 12.3. The van der Waals surface area contributed by atoms with Gasteiger partial charge in [-0.1, -0.05) is 12.1 Å². The van der Waals surface area contributed by atoms with E-state index in [0.717, 1.165) is 32.8 Å². The van der Waals surface area contributed by atoms with Crippen molar-refractivity contribution in [3.05, 3.63) is 57.8 Å². The second kappa shape index (κ2) is 5.60. The number of benzene rings is 1. The van der Waals surface area contributed by atoms with Crippen LogP contribution in [0.4, 0.5) is 0 Å². The molecule has 21 heavy (non-hydrogen) atoms. The maximum absolute atomic E-state index is 6.03. The first-order valence-corrected chi connectivity index (χ1v) is 7.82. The summed E-state index contributed by atoms with van der Waals surface area (Å²) in [5.41, 5.74) is 3.94. The summed E-state index contributed by atoms with van der Waals surface area (Å²) in [4.78, 5) is 9.30. The number of halogens is 1. The molecule has 4 heteroatoms. The van der Waals surface area contributed by atoms with Crippen molar-refractivity contribution < 1.29 is 4.74 Å². The van der Waals surface area contributed by atoms with Gasteiger partial charge in [-0.25, -0.2) is 0 Å². The summed E-state index contributed by atoms with van der Waals surface area (Å²) in [7, 11) is 0. The van der Waals surface area contributed by atoms with Crippen molar-refractivity contribution in [1.82, 2.24) is 4.98 Å². The Hall–Kier alpha value is -1.68. The molecule has 0 unspecified atom stereocenters. The molecule has 1 aromatic heterocycles. The second-order valence-electron chi connectivity index (χ2n) is 5.33. The Morgan fingerprint density at radius 3 is 2.71 bits per heavy atom. The van der Waals surface area contributed by atoms with E-state index in [1.54, 1.807) is 0 Å². The van der Waals surface area contributed by atoms with Gasteiger partial charge in [-0.2, -0.15) is 0 Å². The fourth-order valence-corrected chi connectivity index (χ4v) is 2.66. The first-order valence-electron chi connectivity index (χ1n) is 7.02. The highest BCUT2D eigenvalue weighted by Crippen LogP contribution is 2.28. The zero-order valence-corrected chi connectivity index (χ0v) is 13.9. The Morgan fingerprint density at radius 2 is 1.95 bits per heavy atom. The number of fused-ring (bicyclic) bond motifs is 1. The van der Waals surface area contributed by atoms with Gasteiger partial charge in [-0.15, -0.1) is 0 Å². The molecule has 2 aromatic rings. The van der Waals surface area contributed by atoms with Gasteiger partial charge < -0.3 is 4.74 Å². The van der Waals surface area contributed by atoms with Crippen LogP contribution in [0, 0.1) is 6.92 Å². The molecule has 2 atom stereocenters. The van der Waals surface area contributed by atoms with Gasteiger partial charge in [0.05, 0.1) is 17.4 Å². The van der Waals surface area contributed by atoms with Crippen molar-refractivity contribution >= 4 is 21.6 Å². The van der Waals surface area contributed by atoms with Gasteiger partial charge >= 0.3 is 0 Å². The third kappa shape index (κ3) is 2.72. The quantitative estimate of drug-likeness (QED) is 0.778. The fraction of sp³-hybridized carbons (Fsp3) is 0.294. The molecule has 3 rings (SSSR count). The van der Waals surface area contributed by atoms with E-state index < -0.39 is 0 Å². The van der Waals surface area contributed by atoms with Crippen molar-refractivity contribution in [3.8, 4) is 5.75 Å². The van der Waals surface area contributed by atoms with Gasteiger partial charge in [-0.3, -0.25) is 9.98 Å². The summed E-state index contributed by atoms with van der Waals surface area (Å²) in [5, 5.41) is 0. The van der Waals surface area contributed by atoms with Crippen molar-refractivity contribution in [2.45, 2.75) is 32.9 Å². The van der Waals surface area contributed by atoms with E-state index in [4.69, 9.17) is 9.73 Å². The monoisotopic (exact) mass is 344 g/mol. The minimum absolute atomic E-state index is 0.0468. The van der Waals surface area contributed by atoms with Crippen LogP contribution >= 0.6 is 15.9 Å². The molecule has 0 saturated carbocycles. The minimum Gasteiger partial charge on any atom is -0.488 e. The average Bonchev–Trinajstić information content (AvgIpc) is 2.60. The Balaban J connectivity index is 2.18. The molecule has 0 N–H and O–H groups in total. The standard InChI is InChI=1S/C17H17BrN2O/c1-10-12(3)21-16-7-5-4-6-14(16)17(20-10)13-8-15(18)11(2)19-9-13/h4-10,12H,1-3H3/t10-,12-/m0/s1. The Kier molecular flexibility index (Phi) is 3.81. The number of aromatic nitrogens is 1. The Bertz CT molecular complexity index is 712. The SMILES string of the molecule is Cc1ncc(C2=N[C@@H](C)[C@H](C)Oc3ccccc32)cc1Br. The summed E-state index contributed by atoms with van der Waals surface area (Å²) < 4.78 is 7.02. The van der Waals surface area contributed by atoms with Crippen LogP contribution in [0.15, 0.2) is 46.0 Å². The van der Waals surface area contributed by atoms with Crippen molar-refractivity contribution in [2.24, 2.45) is 4.99 Å². The Morgan fingerprint density at radius 1 is 1.19 bits per heavy atom. The van der Waals surface area contributed by atoms with Gasteiger partial charge in [0.2, 0.25) is 0 Å². The van der Waals surface area contributed by atoms with E-state index in [1.807, 2.05) is 37.4 Å². The highest BCUT2D eigenvalue weighted by molar-refractivity contribution is 9.10. The van der Waals surface area contributed by atoms with Crippen LogP contribution in [0.5, 0.6) is 5.75 Å². The highest BCUT2D eigenvalue weighted by Gasteiger charge is 2.23. The van der Waals surface area contributed by atoms with E-state index >= 15 is 0 Å². The number of pyridine rings is 1. The number of rotatable bonds is 1. The van der Waals surface area contributed by atoms with Crippen LogP contribution in [0.1, 0.15) is 30.7 Å². The predicted molar refractivity (Wildman–Crippen MR) is 88.3 cm³/mol. The summed E-state index contributed by atoms with van der Waals surface area (Å²) >= 11 is 3.55. The fourth-order valence-electron chi connectivity index (χ4n) is 2.31. The van der Waals surface area contributed by atoms with Crippen LogP contribution in [0.25, 0.3) is 0 Å². The van der Waals surface area contributed by atoms with Crippen LogP contribution in [-0.4, -0.2) is 22.8 Å². The molecular weight excluding hydrogens is 328 g/mol. The van der Waals surface area contributed by atoms with Gasteiger partial charge in [0, 0.05) is 21.8 Å². The molecular formula is C17H17BrN2O. The maximum atomic E-state index is 6.03. The normalized spacial score (nSPS) is 21.0. The minimum atomic E-state index is 0.0468. The summed E-state index contributed by atoms with van der Waals surface area (Å²) in [6.07, 6.45) is 1.92. The molecule has 1 aliphatic heterocycles. The smallest absolute Gasteiger partial charge is 0.129 e. The molecule has 0 saturated heterocycles. The molecule has 0 radical (unpaired) electrons. The van der Waals surface area contributed by atoms with E-state index in [0.29, 0.717) is 0 Å². The topological polar surface area (TPSA) is 34.5 Å². The first-order chi connectivity index (χ1) is 10.1. The molecule has 0 fully saturated rings. The van der Waals surface area contributed by atoms with E-state index in [-0.39, 0.29) is 12.1 Å². The lowest BCUT2D eigenvalue weighted by Crippen LogP contribution is -2.23. The van der Waals surface area contributed by atoms with Crippen molar-refractivity contribution in [2.75, 3.05) is 0 Å². The van der Waals surface area contributed by atoms with E-state index in [1.165, 1.54) is 0 Å². The summed E-state index contributed by atoms with van der Waals surface area (Å²) in [6, 6.07) is 10.2. The molecule has 0 spiro atoms. The number of aryl methyl sites for hydroxylation is 1. The first kappa shape index (κ1) is 14.3. The van der Waals surface area contributed by atoms with E-state index in [9.17, 15) is 0 Å². The van der Waals surface area contributed by atoms with Crippen LogP contribution in [0.2, 0.25) is 0 Å². The van der Waals surface area contributed by atoms with Gasteiger partial charge in [0.1, 0.15) is 11.9 Å². The third-order valence-corrected chi connectivity index (χ3v) is 4.57. The largest absolute Gasteiger partial charge is 0.488 e. The third-order valence-electron chi connectivity index (χ3n) is 3.77. The highest BCUT2D eigenvalue weighted by atomic mass is 79.9. The molecule has 0 amide bonds. The molecule has 1 aromatic carbocycles. The molecule has 3 nitrogen and oxygen atoms in total. The number of hydrogen-bond donors (Lipinski definition) is 0. The van der Waals surface area contributed by atoms with Gasteiger partial charge in [0.25, 0.3) is 0 Å². The van der Waals surface area contributed by atoms with Gasteiger partial charge in [0.15, 0.2) is 0 Å².